The Morgan fingerprint density at radius 2 is 1.77 bits per heavy atom. The van der Waals surface area contributed by atoms with Crippen molar-refractivity contribution in [1.82, 2.24) is 15.1 Å². The summed E-state index contributed by atoms with van der Waals surface area (Å²) in [5.41, 5.74) is 1.61. The molecular formula is C22H22BrCl2N3O2. The van der Waals surface area contributed by atoms with Crippen LogP contribution in [0.4, 0.5) is 0 Å². The molecule has 2 aromatic carbocycles. The van der Waals surface area contributed by atoms with E-state index in [0.717, 1.165) is 42.8 Å². The molecule has 0 bridgehead atoms. The zero-order valence-corrected chi connectivity index (χ0v) is 19.4. The monoisotopic (exact) mass is 509 g/mol. The van der Waals surface area contributed by atoms with Gasteiger partial charge in [-0.1, -0.05) is 51.3 Å². The SMILES string of the molecule is O=C(NCC(=O)N1CC2CN(Cc3ccc(Cl)cc3Cl)CC2C1)c1cccc(Br)c1. The highest BCUT2D eigenvalue weighted by atomic mass is 79.9. The zero-order chi connectivity index (χ0) is 21.3. The summed E-state index contributed by atoms with van der Waals surface area (Å²) in [6.45, 7) is 4.17. The molecule has 0 aliphatic carbocycles. The van der Waals surface area contributed by atoms with Crippen molar-refractivity contribution in [3.63, 3.8) is 0 Å². The van der Waals surface area contributed by atoms with E-state index in [0.29, 0.717) is 27.4 Å². The Morgan fingerprint density at radius 3 is 2.43 bits per heavy atom. The fourth-order valence-electron chi connectivity index (χ4n) is 4.31. The van der Waals surface area contributed by atoms with Crippen molar-refractivity contribution in [3.8, 4) is 0 Å². The van der Waals surface area contributed by atoms with Crippen LogP contribution in [0.3, 0.4) is 0 Å². The van der Waals surface area contributed by atoms with Gasteiger partial charge in [-0.25, -0.2) is 0 Å². The predicted molar refractivity (Wildman–Crippen MR) is 122 cm³/mol. The van der Waals surface area contributed by atoms with Crippen molar-refractivity contribution in [1.29, 1.82) is 0 Å². The number of fused-ring (bicyclic) bond motifs is 1. The Morgan fingerprint density at radius 1 is 1.03 bits per heavy atom. The number of rotatable bonds is 5. The van der Waals surface area contributed by atoms with E-state index in [4.69, 9.17) is 23.2 Å². The standard InChI is InChI=1S/C22H22BrCl2N3O2/c23-18-3-1-2-14(6-18)22(30)26-8-21(29)28-12-16-10-27(11-17(16)13-28)9-15-4-5-19(24)7-20(15)25/h1-7,16-17H,8-13H2,(H,26,30). The van der Waals surface area contributed by atoms with Gasteiger partial charge in [-0.3, -0.25) is 14.5 Å². The Bertz CT molecular complexity index is 957. The fourth-order valence-corrected chi connectivity index (χ4v) is 5.18. The van der Waals surface area contributed by atoms with Crippen molar-refractivity contribution in [2.45, 2.75) is 6.54 Å². The second kappa shape index (κ2) is 9.27. The Labute approximate surface area is 194 Å². The molecular weight excluding hydrogens is 489 g/mol. The summed E-state index contributed by atoms with van der Waals surface area (Å²) in [6, 6.07) is 12.7. The number of hydrogen-bond acceptors (Lipinski definition) is 3. The van der Waals surface area contributed by atoms with Crippen LogP contribution in [-0.2, 0) is 11.3 Å². The molecule has 30 heavy (non-hydrogen) atoms. The van der Waals surface area contributed by atoms with Crippen molar-refractivity contribution in [3.05, 3.63) is 68.1 Å². The predicted octanol–water partition coefficient (Wildman–Crippen LogP) is 4.08. The van der Waals surface area contributed by atoms with E-state index in [1.807, 2.05) is 23.1 Å². The maximum absolute atomic E-state index is 12.6. The Kier molecular flexibility index (Phi) is 6.68. The molecule has 5 nitrogen and oxygen atoms in total. The lowest BCUT2D eigenvalue weighted by atomic mass is 10.0. The molecule has 8 heteroatoms. The van der Waals surface area contributed by atoms with Crippen molar-refractivity contribution < 1.29 is 9.59 Å². The number of hydrogen-bond donors (Lipinski definition) is 1. The molecule has 2 unspecified atom stereocenters. The average Bonchev–Trinajstić information content (AvgIpc) is 3.27. The fraction of sp³-hybridized carbons (Fsp3) is 0.364. The summed E-state index contributed by atoms with van der Waals surface area (Å²) >= 11 is 15.6. The molecule has 2 aromatic rings. The van der Waals surface area contributed by atoms with Gasteiger partial charge in [0.1, 0.15) is 0 Å². The molecule has 2 saturated heterocycles. The first kappa shape index (κ1) is 21.6. The number of amides is 2. The molecule has 0 radical (unpaired) electrons. The molecule has 2 heterocycles. The van der Waals surface area contributed by atoms with Gasteiger partial charge in [0, 0.05) is 52.8 Å². The minimum Gasteiger partial charge on any atom is -0.343 e. The molecule has 0 spiro atoms. The molecule has 0 saturated carbocycles. The first-order valence-electron chi connectivity index (χ1n) is 9.87. The largest absolute Gasteiger partial charge is 0.343 e. The summed E-state index contributed by atoms with van der Waals surface area (Å²) in [6.07, 6.45) is 0. The van der Waals surface area contributed by atoms with E-state index in [9.17, 15) is 9.59 Å². The smallest absolute Gasteiger partial charge is 0.251 e. The van der Waals surface area contributed by atoms with Crippen molar-refractivity contribution >= 4 is 50.9 Å². The van der Waals surface area contributed by atoms with Crippen LogP contribution in [0, 0.1) is 11.8 Å². The summed E-state index contributed by atoms with van der Waals surface area (Å²) in [4.78, 5) is 29.1. The zero-order valence-electron chi connectivity index (χ0n) is 16.3. The number of likely N-dealkylation sites (tertiary alicyclic amines) is 2. The molecule has 4 rings (SSSR count). The molecule has 2 aliphatic heterocycles. The van der Waals surface area contributed by atoms with Gasteiger partial charge < -0.3 is 10.2 Å². The van der Waals surface area contributed by atoms with E-state index in [-0.39, 0.29) is 18.4 Å². The topological polar surface area (TPSA) is 52.7 Å². The number of nitrogens with one attached hydrogen (secondary N) is 1. The van der Waals surface area contributed by atoms with Crippen molar-refractivity contribution in [2.75, 3.05) is 32.7 Å². The van der Waals surface area contributed by atoms with Gasteiger partial charge in [0.25, 0.3) is 5.91 Å². The van der Waals surface area contributed by atoms with Gasteiger partial charge in [-0.2, -0.15) is 0 Å². The van der Waals surface area contributed by atoms with Crippen LogP contribution < -0.4 is 5.32 Å². The van der Waals surface area contributed by atoms with Crippen LogP contribution in [0.2, 0.25) is 10.0 Å². The van der Waals surface area contributed by atoms with Gasteiger partial charge in [-0.15, -0.1) is 0 Å². The third kappa shape index (κ3) is 4.99. The van der Waals surface area contributed by atoms with Crippen LogP contribution in [0.25, 0.3) is 0 Å². The lowest BCUT2D eigenvalue weighted by Gasteiger charge is -2.22. The highest BCUT2D eigenvalue weighted by Gasteiger charge is 2.41. The lowest BCUT2D eigenvalue weighted by Crippen LogP contribution is -2.40. The number of nitrogens with zero attached hydrogens (tertiary/aromatic N) is 2. The van der Waals surface area contributed by atoms with E-state index in [2.05, 4.69) is 26.1 Å². The number of carbonyl (C=O) groups excluding carboxylic acids is 2. The molecule has 2 aliphatic rings. The van der Waals surface area contributed by atoms with Gasteiger partial charge >= 0.3 is 0 Å². The molecule has 2 amide bonds. The van der Waals surface area contributed by atoms with E-state index >= 15 is 0 Å². The molecule has 2 fully saturated rings. The van der Waals surface area contributed by atoms with Crippen LogP contribution in [0.5, 0.6) is 0 Å². The number of halogens is 3. The van der Waals surface area contributed by atoms with E-state index < -0.39 is 0 Å². The summed E-state index contributed by atoms with van der Waals surface area (Å²) in [5, 5.41) is 4.07. The normalized spacial score (nSPS) is 21.0. The highest BCUT2D eigenvalue weighted by Crippen LogP contribution is 2.33. The third-order valence-electron chi connectivity index (χ3n) is 5.81. The first-order chi connectivity index (χ1) is 14.4. The van der Waals surface area contributed by atoms with Crippen LogP contribution in [0.15, 0.2) is 46.9 Å². The highest BCUT2D eigenvalue weighted by molar-refractivity contribution is 9.10. The Balaban J connectivity index is 1.25. The second-order valence-electron chi connectivity index (χ2n) is 7.94. The van der Waals surface area contributed by atoms with E-state index in [1.165, 1.54) is 0 Å². The summed E-state index contributed by atoms with van der Waals surface area (Å²) < 4.78 is 0.832. The quantitative estimate of drug-likeness (QED) is 0.659. The molecule has 0 aromatic heterocycles. The second-order valence-corrected chi connectivity index (χ2v) is 9.70. The molecule has 158 valence electrons. The van der Waals surface area contributed by atoms with Crippen LogP contribution in [-0.4, -0.2) is 54.3 Å². The lowest BCUT2D eigenvalue weighted by molar-refractivity contribution is -0.129. The maximum Gasteiger partial charge on any atom is 0.251 e. The van der Waals surface area contributed by atoms with E-state index in [1.54, 1.807) is 24.3 Å². The number of benzene rings is 2. The van der Waals surface area contributed by atoms with Gasteiger partial charge in [-0.05, 0) is 47.7 Å². The van der Waals surface area contributed by atoms with Crippen LogP contribution >= 0.6 is 39.1 Å². The third-order valence-corrected chi connectivity index (χ3v) is 6.89. The number of carbonyl (C=O) groups is 2. The summed E-state index contributed by atoms with van der Waals surface area (Å²) in [7, 11) is 0. The minimum atomic E-state index is -0.241. The van der Waals surface area contributed by atoms with Crippen LogP contribution in [0.1, 0.15) is 15.9 Å². The Hall–Kier alpha value is -1.60. The average molecular weight is 511 g/mol. The van der Waals surface area contributed by atoms with Gasteiger partial charge in [0.05, 0.1) is 6.54 Å². The summed E-state index contributed by atoms with van der Waals surface area (Å²) in [5.74, 6) is 0.650. The molecule has 1 N–H and O–H groups in total. The molecule has 2 atom stereocenters. The first-order valence-corrected chi connectivity index (χ1v) is 11.4. The maximum atomic E-state index is 12.6. The van der Waals surface area contributed by atoms with Crippen molar-refractivity contribution in [2.24, 2.45) is 11.8 Å². The minimum absolute atomic E-state index is 0.0227. The van der Waals surface area contributed by atoms with Gasteiger partial charge in [0.2, 0.25) is 5.91 Å². The van der Waals surface area contributed by atoms with Gasteiger partial charge in [0.15, 0.2) is 0 Å².